The predicted octanol–water partition coefficient (Wildman–Crippen LogP) is 6.87. The van der Waals surface area contributed by atoms with Gasteiger partial charge in [0.25, 0.3) is 5.91 Å². The van der Waals surface area contributed by atoms with Gasteiger partial charge in [0.2, 0.25) is 11.8 Å². The number of ether oxygens (including phenoxy) is 2. The van der Waals surface area contributed by atoms with E-state index in [9.17, 15) is 32.5 Å². The van der Waals surface area contributed by atoms with Crippen molar-refractivity contribution in [1.82, 2.24) is 25.2 Å². The van der Waals surface area contributed by atoms with Gasteiger partial charge >= 0.3 is 20.1 Å². The van der Waals surface area contributed by atoms with Gasteiger partial charge in [-0.05, 0) is 92.8 Å². The molecule has 5 heterocycles. The number of thiophene rings is 1. The minimum Gasteiger partial charge on any atom is -0.465 e. The lowest BCUT2D eigenvalue weighted by molar-refractivity contribution is -0.148. The summed E-state index contributed by atoms with van der Waals surface area (Å²) in [4.78, 5) is 61.9. The van der Waals surface area contributed by atoms with E-state index in [1.54, 1.807) is 53.1 Å². The number of carbonyl (C=O) groups excluding carboxylic acids is 4. The molecule has 17 heteroatoms. The first kappa shape index (κ1) is 41.2. The molecule has 308 valence electrons. The molecule has 4 aromatic rings. The van der Waals surface area contributed by atoms with Crippen LogP contribution in [0.25, 0.3) is 10.1 Å². The number of benzene rings is 2. The fraction of sp³-hybridized carbons (Fsp3) is 0.439. The van der Waals surface area contributed by atoms with E-state index in [-0.39, 0.29) is 42.3 Å². The van der Waals surface area contributed by atoms with E-state index in [2.05, 4.69) is 20.1 Å². The molecule has 5 atom stereocenters. The van der Waals surface area contributed by atoms with Gasteiger partial charge in [-0.2, -0.15) is 8.78 Å². The molecule has 13 nitrogen and oxygen atoms in total. The van der Waals surface area contributed by atoms with Crippen molar-refractivity contribution >= 4 is 52.6 Å². The van der Waals surface area contributed by atoms with E-state index in [0.717, 1.165) is 10.1 Å². The standard InChI is InChI=1S/C41H46F2N5O8PS/c1-3-18-54-40(52)25(2)46-57(53,56-30-9-5-4-6-10-30)24-26-12-15-35-27(19-26)20-36(58-35)37(49)45-32-11-7-8-29-13-14-33(48(29)38(32)50)39(51)47-22-28(23-47)31-21-44-17-16-34(31)55-41(42)43/h4-6,9-10,12,15-17,19-21,25,28-29,32-33,41H,3,7-8,11,13-14,18,22-24H2,1-2H3,(H,45,49)(H,46,53)/t25-,29-,32-,33-,57?/m0/s1. The number of pyridine rings is 1. The van der Waals surface area contributed by atoms with Crippen molar-refractivity contribution in [2.75, 3.05) is 19.7 Å². The lowest BCUT2D eigenvalue weighted by Gasteiger charge is -2.42. The minimum atomic E-state index is -3.71. The van der Waals surface area contributed by atoms with Gasteiger partial charge in [0.1, 0.15) is 29.6 Å². The van der Waals surface area contributed by atoms with Crippen LogP contribution < -0.4 is 19.7 Å². The van der Waals surface area contributed by atoms with Crippen molar-refractivity contribution in [2.45, 2.75) is 95.2 Å². The molecular weight excluding hydrogens is 792 g/mol. The number of carbonyl (C=O) groups is 4. The summed E-state index contributed by atoms with van der Waals surface area (Å²) in [5.74, 6) is -1.25. The fourth-order valence-electron chi connectivity index (χ4n) is 7.91. The first-order chi connectivity index (χ1) is 27.9. The smallest absolute Gasteiger partial charge is 0.387 e. The monoisotopic (exact) mass is 837 g/mol. The number of alkyl halides is 2. The summed E-state index contributed by atoms with van der Waals surface area (Å²) >= 11 is 1.26. The Morgan fingerprint density at radius 2 is 1.83 bits per heavy atom. The molecule has 2 aromatic heterocycles. The number of nitrogens with zero attached hydrogens (tertiary/aromatic N) is 3. The number of fused-ring (bicyclic) bond motifs is 2. The topological polar surface area (TPSA) is 156 Å². The van der Waals surface area contributed by atoms with Crippen LogP contribution in [0.3, 0.4) is 0 Å². The molecule has 0 spiro atoms. The van der Waals surface area contributed by atoms with Gasteiger partial charge in [-0.1, -0.05) is 31.2 Å². The predicted molar refractivity (Wildman–Crippen MR) is 213 cm³/mol. The van der Waals surface area contributed by atoms with E-state index >= 15 is 0 Å². The zero-order valence-electron chi connectivity index (χ0n) is 32.2. The first-order valence-electron chi connectivity index (χ1n) is 19.5. The number of nitrogens with one attached hydrogen (secondary N) is 2. The third-order valence-electron chi connectivity index (χ3n) is 10.7. The number of likely N-dealkylation sites (tertiary alicyclic amines) is 1. The fourth-order valence-corrected chi connectivity index (χ4v) is 10.9. The third-order valence-corrected chi connectivity index (χ3v) is 13.9. The molecule has 3 aliphatic heterocycles. The highest BCUT2D eigenvalue weighted by atomic mass is 32.1. The van der Waals surface area contributed by atoms with E-state index in [4.69, 9.17) is 9.26 Å². The lowest BCUT2D eigenvalue weighted by Crippen LogP contribution is -2.58. The third kappa shape index (κ3) is 9.35. The Morgan fingerprint density at radius 1 is 1.03 bits per heavy atom. The summed E-state index contributed by atoms with van der Waals surface area (Å²) in [7, 11) is -3.71. The quantitative estimate of drug-likeness (QED) is 0.0958. The van der Waals surface area contributed by atoms with Crippen LogP contribution in [0.5, 0.6) is 11.5 Å². The molecule has 7 rings (SSSR count). The van der Waals surface area contributed by atoms with Crippen LogP contribution in [-0.2, 0) is 29.8 Å². The van der Waals surface area contributed by atoms with Crippen molar-refractivity contribution in [2.24, 2.45) is 0 Å². The largest absolute Gasteiger partial charge is 0.465 e. The average molecular weight is 838 g/mol. The SMILES string of the molecule is CCCOC(=O)[C@H](C)NP(=O)(Cc1ccc2sc(C(=O)N[C@H]3CCC[C@H]4CC[C@@H](C(=O)N5CC(c6cnccc6OC(F)F)C5)N4C3=O)cc2c1)Oc1ccccc1. The maximum atomic E-state index is 14.3. The Balaban J connectivity index is 1.01. The molecule has 3 aliphatic rings. The summed E-state index contributed by atoms with van der Waals surface area (Å²) in [6, 6.07) is 14.8. The second-order valence-corrected chi connectivity index (χ2v) is 18.1. The number of rotatable bonds is 15. The second-order valence-electron chi connectivity index (χ2n) is 14.9. The van der Waals surface area contributed by atoms with E-state index in [1.165, 1.54) is 29.8 Å². The van der Waals surface area contributed by atoms with Gasteiger partial charge in [0.15, 0.2) is 0 Å². The first-order valence-corrected chi connectivity index (χ1v) is 22.1. The van der Waals surface area contributed by atoms with Gasteiger partial charge < -0.3 is 29.1 Å². The molecule has 0 radical (unpaired) electrons. The number of hydrogen-bond acceptors (Lipinski definition) is 10. The molecule has 58 heavy (non-hydrogen) atoms. The highest BCUT2D eigenvalue weighted by molar-refractivity contribution is 7.56. The summed E-state index contributed by atoms with van der Waals surface area (Å²) in [5, 5.41) is 6.57. The number of aromatic nitrogens is 1. The molecule has 2 N–H and O–H groups in total. The molecule has 3 amide bonds. The molecule has 2 aromatic carbocycles. The number of esters is 1. The minimum absolute atomic E-state index is 0.0350. The van der Waals surface area contributed by atoms with E-state index < -0.39 is 44.1 Å². The van der Waals surface area contributed by atoms with Gasteiger partial charge in [0.05, 0.1) is 17.6 Å². The van der Waals surface area contributed by atoms with Gasteiger partial charge in [-0.3, -0.25) is 28.7 Å². The van der Waals surface area contributed by atoms with Crippen LogP contribution in [-0.4, -0.2) is 88.9 Å². The summed E-state index contributed by atoms with van der Waals surface area (Å²) in [5.41, 5.74) is 1.16. The average Bonchev–Trinajstić information content (AvgIpc) is 3.77. The zero-order chi connectivity index (χ0) is 41.0. The number of amides is 3. The Labute approximate surface area is 338 Å². The zero-order valence-corrected chi connectivity index (χ0v) is 33.9. The normalized spacial score (nSPS) is 21.1. The maximum absolute atomic E-state index is 14.3. The van der Waals surface area contributed by atoms with Crippen molar-refractivity contribution in [1.29, 1.82) is 0 Å². The van der Waals surface area contributed by atoms with Crippen LogP contribution in [0.1, 0.15) is 79.1 Å². The van der Waals surface area contributed by atoms with Crippen molar-refractivity contribution in [3.8, 4) is 11.5 Å². The number of para-hydroxylation sites is 1. The van der Waals surface area contributed by atoms with Gasteiger partial charge in [0, 0.05) is 47.7 Å². The van der Waals surface area contributed by atoms with Crippen LogP contribution in [0.4, 0.5) is 8.78 Å². The van der Waals surface area contributed by atoms with E-state index in [0.29, 0.717) is 73.4 Å². The summed E-state index contributed by atoms with van der Waals surface area (Å²) < 4.78 is 57.0. The highest BCUT2D eigenvalue weighted by Gasteiger charge is 2.48. The maximum Gasteiger partial charge on any atom is 0.387 e. The second kappa shape index (κ2) is 17.9. The van der Waals surface area contributed by atoms with Crippen LogP contribution >= 0.6 is 18.9 Å². The molecule has 0 saturated carbocycles. The Morgan fingerprint density at radius 3 is 2.59 bits per heavy atom. The molecule has 0 bridgehead atoms. The van der Waals surface area contributed by atoms with Crippen molar-refractivity contribution in [3.63, 3.8) is 0 Å². The van der Waals surface area contributed by atoms with Crippen LogP contribution in [0.15, 0.2) is 73.1 Å². The van der Waals surface area contributed by atoms with Crippen molar-refractivity contribution in [3.05, 3.63) is 89.1 Å². The lowest BCUT2D eigenvalue weighted by atomic mass is 9.91. The van der Waals surface area contributed by atoms with Gasteiger partial charge in [-0.25, -0.2) is 5.09 Å². The number of hydrogen-bond donors (Lipinski definition) is 2. The highest BCUT2D eigenvalue weighted by Crippen LogP contribution is 2.47. The summed E-state index contributed by atoms with van der Waals surface area (Å²) in [6.07, 6.45) is 6.47. The Kier molecular flexibility index (Phi) is 12.7. The Hall–Kier alpha value is -4.92. The molecule has 0 aliphatic carbocycles. The molecular formula is C41H46F2N5O8PS. The van der Waals surface area contributed by atoms with Gasteiger partial charge in [-0.15, -0.1) is 11.3 Å². The van der Waals surface area contributed by atoms with Crippen molar-refractivity contribution < 1.29 is 46.5 Å². The number of halogens is 2. The molecule has 3 fully saturated rings. The van der Waals surface area contributed by atoms with E-state index in [1.807, 2.05) is 25.1 Å². The summed E-state index contributed by atoms with van der Waals surface area (Å²) in [6.45, 7) is 1.31. The van der Waals surface area contributed by atoms with Crippen LogP contribution in [0.2, 0.25) is 0 Å². The molecule has 3 saturated heterocycles. The Bertz CT molecular complexity index is 2190. The van der Waals surface area contributed by atoms with Crippen LogP contribution in [0, 0.1) is 0 Å². The molecule has 1 unspecified atom stereocenters.